The van der Waals surface area contributed by atoms with Crippen molar-refractivity contribution >= 4 is 5.91 Å². The lowest BCUT2D eigenvalue weighted by Gasteiger charge is -2.29. The number of fused-ring (bicyclic) bond motifs is 1. The third-order valence-electron chi connectivity index (χ3n) is 6.33. The van der Waals surface area contributed by atoms with E-state index in [0.29, 0.717) is 54.8 Å². The minimum Gasteiger partial charge on any atom is -0.507 e. The predicted octanol–water partition coefficient (Wildman–Crippen LogP) is 4.30. The van der Waals surface area contributed by atoms with E-state index in [-0.39, 0.29) is 17.8 Å². The van der Waals surface area contributed by atoms with Gasteiger partial charge in [-0.05, 0) is 56.5 Å². The van der Waals surface area contributed by atoms with Crippen molar-refractivity contribution < 1.29 is 24.1 Å². The number of H-pyrrole nitrogens is 1. The number of phenolic OH excluding ortho intramolecular Hbond substituents is 1. The summed E-state index contributed by atoms with van der Waals surface area (Å²) in [5.41, 5.74) is 3.21. The number of hydrogen-bond donors (Lipinski definition) is 2. The number of para-hydroxylation sites is 1. The van der Waals surface area contributed by atoms with Crippen molar-refractivity contribution in [1.29, 1.82) is 0 Å². The SMILES string of the molecule is CCOc1ccc([C@H]2c3c(-c4ccccc4O)n[nH]c3C(=O)N2C[C@H]2CCCO2)cc1OCC. The van der Waals surface area contributed by atoms with Gasteiger partial charge in [0, 0.05) is 24.3 Å². The summed E-state index contributed by atoms with van der Waals surface area (Å²) in [5.74, 6) is 1.28. The van der Waals surface area contributed by atoms with Crippen LogP contribution < -0.4 is 9.47 Å². The molecule has 34 heavy (non-hydrogen) atoms. The number of phenols is 1. The topological polar surface area (TPSA) is 96.9 Å². The normalized spacial score (nSPS) is 19.5. The Labute approximate surface area is 198 Å². The molecule has 1 amide bonds. The molecule has 0 saturated carbocycles. The quantitative estimate of drug-likeness (QED) is 0.517. The molecule has 2 aliphatic rings. The summed E-state index contributed by atoms with van der Waals surface area (Å²) in [7, 11) is 0. The summed E-state index contributed by atoms with van der Waals surface area (Å²) >= 11 is 0. The number of amides is 1. The lowest BCUT2D eigenvalue weighted by atomic mass is 9.95. The Morgan fingerprint density at radius 1 is 1.15 bits per heavy atom. The van der Waals surface area contributed by atoms with E-state index in [1.807, 2.05) is 43.0 Å². The maximum Gasteiger partial charge on any atom is 0.273 e. The van der Waals surface area contributed by atoms with E-state index < -0.39 is 6.04 Å². The van der Waals surface area contributed by atoms with E-state index in [1.54, 1.807) is 18.2 Å². The van der Waals surface area contributed by atoms with Crippen LogP contribution in [0.4, 0.5) is 0 Å². The van der Waals surface area contributed by atoms with Crippen LogP contribution in [0.5, 0.6) is 17.2 Å². The average Bonchev–Trinajstić information content (AvgIpc) is 3.56. The second kappa shape index (κ2) is 9.38. The number of aromatic amines is 1. The summed E-state index contributed by atoms with van der Waals surface area (Å²) in [5, 5.41) is 17.9. The molecular formula is C26H29N3O5. The van der Waals surface area contributed by atoms with Crippen LogP contribution in [0.1, 0.15) is 54.3 Å². The van der Waals surface area contributed by atoms with E-state index in [0.717, 1.165) is 24.0 Å². The Morgan fingerprint density at radius 3 is 2.68 bits per heavy atom. The maximum atomic E-state index is 13.6. The zero-order valence-electron chi connectivity index (χ0n) is 19.4. The van der Waals surface area contributed by atoms with Crippen LogP contribution in [-0.4, -0.2) is 58.6 Å². The second-order valence-corrected chi connectivity index (χ2v) is 8.45. The van der Waals surface area contributed by atoms with Crippen molar-refractivity contribution in [3.63, 3.8) is 0 Å². The number of carbonyl (C=O) groups is 1. The van der Waals surface area contributed by atoms with Gasteiger partial charge in [-0.1, -0.05) is 18.2 Å². The minimum absolute atomic E-state index is 0.00828. The molecule has 0 unspecified atom stereocenters. The van der Waals surface area contributed by atoms with E-state index in [2.05, 4.69) is 10.2 Å². The van der Waals surface area contributed by atoms with Crippen molar-refractivity contribution in [2.45, 2.75) is 38.8 Å². The molecule has 178 valence electrons. The molecule has 3 aromatic rings. The molecule has 2 aliphatic heterocycles. The lowest BCUT2D eigenvalue weighted by molar-refractivity contribution is 0.0495. The van der Waals surface area contributed by atoms with Gasteiger partial charge in [-0.2, -0.15) is 5.10 Å². The van der Waals surface area contributed by atoms with Crippen molar-refractivity contribution in [1.82, 2.24) is 15.1 Å². The monoisotopic (exact) mass is 463 g/mol. The number of rotatable bonds is 8. The number of aromatic nitrogens is 2. The van der Waals surface area contributed by atoms with Crippen LogP contribution in [0, 0.1) is 0 Å². The molecule has 1 fully saturated rings. The minimum atomic E-state index is -0.407. The fourth-order valence-electron chi connectivity index (χ4n) is 4.86. The van der Waals surface area contributed by atoms with Crippen LogP contribution in [0.3, 0.4) is 0 Å². The second-order valence-electron chi connectivity index (χ2n) is 8.45. The number of hydrogen-bond acceptors (Lipinski definition) is 6. The molecule has 1 aromatic heterocycles. The number of aromatic hydroxyl groups is 1. The fourth-order valence-corrected chi connectivity index (χ4v) is 4.86. The van der Waals surface area contributed by atoms with E-state index in [9.17, 15) is 9.90 Å². The summed E-state index contributed by atoms with van der Waals surface area (Å²) < 4.78 is 17.5. The third-order valence-corrected chi connectivity index (χ3v) is 6.33. The Balaban J connectivity index is 1.64. The van der Waals surface area contributed by atoms with Gasteiger partial charge in [-0.25, -0.2) is 0 Å². The third kappa shape index (κ3) is 3.88. The van der Waals surface area contributed by atoms with Crippen LogP contribution in [0.25, 0.3) is 11.3 Å². The Hall–Kier alpha value is -3.52. The van der Waals surface area contributed by atoms with Gasteiger partial charge in [0.1, 0.15) is 17.1 Å². The van der Waals surface area contributed by atoms with Gasteiger partial charge in [-0.15, -0.1) is 0 Å². The van der Waals surface area contributed by atoms with E-state index in [4.69, 9.17) is 14.2 Å². The Morgan fingerprint density at radius 2 is 1.94 bits per heavy atom. The van der Waals surface area contributed by atoms with Gasteiger partial charge in [0.05, 0.1) is 25.4 Å². The summed E-state index contributed by atoms with van der Waals surface area (Å²) in [6.07, 6.45) is 1.90. The molecule has 0 radical (unpaired) electrons. The van der Waals surface area contributed by atoms with Gasteiger partial charge in [0.15, 0.2) is 11.5 Å². The Kier molecular flexibility index (Phi) is 6.15. The molecule has 3 heterocycles. The van der Waals surface area contributed by atoms with Crippen molar-refractivity contribution in [2.24, 2.45) is 0 Å². The molecule has 0 spiro atoms. The predicted molar refractivity (Wildman–Crippen MR) is 126 cm³/mol. The average molecular weight is 464 g/mol. The van der Waals surface area contributed by atoms with Gasteiger partial charge in [0.25, 0.3) is 5.91 Å². The molecule has 0 bridgehead atoms. The number of nitrogens with zero attached hydrogens (tertiary/aromatic N) is 2. The molecule has 2 N–H and O–H groups in total. The highest BCUT2D eigenvalue weighted by Crippen LogP contribution is 2.46. The van der Waals surface area contributed by atoms with Crippen LogP contribution in [0.15, 0.2) is 42.5 Å². The summed E-state index contributed by atoms with van der Waals surface area (Å²) in [6, 6.07) is 12.4. The van der Waals surface area contributed by atoms with E-state index in [1.165, 1.54) is 0 Å². The number of nitrogens with one attached hydrogen (secondary N) is 1. The highest BCUT2D eigenvalue weighted by molar-refractivity contribution is 6.00. The zero-order valence-corrected chi connectivity index (χ0v) is 19.4. The van der Waals surface area contributed by atoms with Crippen LogP contribution in [-0.2, 0) is 4.74 Å². The molecule has 2 atom stereocenters. The largest absolute Gasteiger partial charge is 0.507 e. The maximum absolute atomic E-state index is 13.6. The summed E-state index contributed by atoms with van der Waals surface area (Å²) in [6.45, 7) is 6.06. The first-order chi connectivity index (χ1) is 16.6. The van der Waals surface area contributed by atoms with Gasteiger partial charge in [0.2, 0.25) is 0 Å². The number of ether oxygens (including phenoxy) is 3. The fraction of sp³-hybridized carbons (Fsp3) is 0.385. The zero-order chi connectivity index (χ0) is 23.7. The van der Waals surface area contributed by atoms with Crippen LogP contribution >= 0.6 is 0 Å². The number of benzene rings is 2. The summed E-state index contributed by atoms with van der Waals surface area (Å²) in [4.78, 5) is 15.4. The molecule has 1 saturated heterocycles. The first kappa shape index (κ1) is 22.3. The molecule has 8 heteroatoms. The standard InChI is InChI=1S/C26H29N3O5/c1-3-32-20-12-11-16(14-21(20)33-4-2)25-22-23(18-9-5-6-10-19(18)30)27-28-24(22)26(31)29(25)15-17-8-7-13-34-17/h5-6,9-12,14,17,25,30H,3-4,7-8,13,15H2,1-2H3,(H,27,28)/t17-,25+/m1/s1. The molecule has 2 aromatic carbocycles. The van der Waals surface area contributed by atoms with Crippen molar-refractivity contribution in [3.8, 4) is 28.5 Å². The lowest BCUT2D eigenvalue weighted by Crippen LogP contribution is -2.36. The van der Waals surface area contributed by atoms with Crippen molar-refractivity contribution in [2.75, 3.05) is 26.4 Å². The van der Waals surface area contributed by atoms with Gasteiger partial charge in [-0.3, -0.25) is 9.89 Å². The first-order valence-corrected chi connectivity index (χ1v) is 11.8. The molecular weight excluding hydrogens is 434 g/mol. The van der Waals surface area contributed by atoms with Gasteiger partial charge >= 0.3 is 0 Å². The number of carbonyl (C=O) groups excluding carboxylic acids is 1. The highest BCUT2D eigenvalue weighted by Gasteiger charge is 2.44. The Bertz CT molecular complexity index is 1180. The first-order valence-electron chi connectivity index (χ1n) is 11.8. The van der Waals surface area contributed by atoms with Crippen LogP contribution in [0.2, 0.25) is 0 Å². The highest BCUT2D eigenvalue weighted by atomic mass is 16.5. The van der Waals surface area contributed by atoms with E-state index >= 15 is 0 Å². The van der Waals surface area contributed by atoms with Gasteiger partial charge < -0.3 is 24.2 Å². The molecule has 5 rings (SSSR count). The van der Waals surface area contributed by atoms with Crippen molar-refractivity contribution in [3.05, 3.63) is 59.3 Å². The molecule has 0 aliphatic carbocycles. The molecule has 8 nitrogen and oxygen atoms in total. The smallest absolute Gasteiger partial charge is 0.273 e.